The smallest absolute Gasteiger partial charge is 0.147 e. The highest BCUT2D eigenvalue weighted by atomic mass is 79.9. The van der Waals surface area contributed by atoms with Crippen molar-refractivity contribution in [3.05, 3.63) is 21.1 Å². The van der Waals surface area contributed by atoms with Crippen molar-refractivity contribution >= 4 is 51.1 Å². The summed E-state index contributed by atoms with van der Waals surface area (Å²) in [6.07, 6.45) is 0. The third-order valence-electron chi connectivity index (χ3n) is 3.02. The van der Waals surface area contributed by atoms with E-state index in [4.69, 9.17) is 16.3 Å². The number of thioether (sulfide) groups is 2. The lowest BCUT2D eigenvalue weighted by Crippen LogP contribution is -2.23. The molecule has 0 amide bonds. The van der Waals surface area contributed by atoms with E-state index in [0.717, 1.165) is 21.7 Å². The molecule has 2 heterocycles. The van der Waals surface area contributed by atoms with E-state index in [-0.39, 0.29) is 0 Å². The summed E-state index contributed by atoms with van der Waals surface area (Å²) < 4.78 is 5.88. The molecular weight excluding hydrogens is 368 g/mol. The lowest BCUT2D eigenvalue weighted by molar-refractivity contribution is 0.180. The van der Waals surface area contributed by atoms with Gasteiger partial charge in [-0.1, -0.05) is 25.4 Å². The molecule has 106 valence electrons. The van der Waals surface area contributed by atoms with Gasteiger partial charge in [-0.15, -0.1) is 11.8 Å². The summed E-state index contributed by atoms with van der Waals surface area (Å²) in [5.74, 6) is 1.84. The number of halogens is 2. The molecule has 0 N–H and O–H groups in total. The minimum absolute atomic E-state index is 0.303. The van der Waals surface area contributed by atoms with Gasteiger partial charge >= 0.3 is 0 Å². The van der Waals surface area contributed by atoms with Gasteiger partial charge in [0.1, 0.15) is 11.0 Å². The molecule has 1 aromatic heterocycles. The lowest BCUT2D eigenvalue weighted by Gasteiger charge is -2.30. The van der Waals surface area contributed by atoms with Gasteiger partial charge in [-0.05, 0) is 15.9 Å². The molecule has 2 rings (SSSR count). The lowest BCUT2D eigenvalue weighted by atomic mass is 10.3. The van der Waals surface area contributed by atoms with Crippen LogP contribution in [-0.4, -0.2) is 33.3 Å². The summed E-state index contributed by atoms with van der Waals surface area (Å²) in [6.45, 7) is 4.96. The van der Waals surface area contributed by atoms with Crippen LogP contribution in [0.3, 0.4) is 0 Å². The van der Waals surface area contributed by atoms with Gasteiger partial charge < -0.3 is 4.74 Å². The van der Waals surface area contributed by atoms with Gasteiger partial charge in [0.15, 0.2) is 0 Å². The highest BCUT2D eigenvalue weighted by molar-refractivity contribution is 9.10. The van der Waals surface area contributed by atoms with Gasteiger partial charge in [0, 0.05) is 23.4 Å². The highest BCUT2D eigenvalue weighted by Crippen LogP contribution is 2.43. The van der Waals surface area contributed by atoms with E-state index in [9.17, 15) is 0 Å². The van der Waals surface area contributed by atoms with Crippen LogP contribution < -0.4 is 0 Å². The largest absolute Gasteiger partial charge is 0.378 e. The second kappa shape index (κ2) is 6.98. The maximum Gasteiger partial charge on any atom is 0.147 e. The Morgan fingerprint density at radius 3 is 2.74 bits per heavy atom. The molecule has 1 aliphatic heterocycles. The Bertz CT molecular complexity index is 464. The average Bonchev–Trinajstić information content (AvgIpc) is 2.38. The van der Waals surface area contributed by atoms with Crippen LogP contribution >= 0.6 is 51.1 Å². The first-order valence-corrected chi connectivity index (χ1v) is 9.17. The molecule has 3 atom stereocenters. The first kappa shape index (κ1) is 15.9. The van der Waals surface area contributed by atoms with Crippen LogP contribution in [0.2, 0.25) is 5.15 Å². The summed E-state index contributed by atoms with van der Waals surface area (Å²) in [5, 5.41) is 2.04. The molecule has 0 bridgehead atoms. The third kappa shape index (κ3) is 3.79. The maximum absolute atomic E-state index is 6.17. The predicted octanol–water partition coefficient (Wildman–Crippen LogP) is 4.34. The summed E-state index contributed by atoms with van der Waals surface area (Å²) >= 11 is 13.5. The number of aromatic nitrogens is 2. The van der Waals surface area contributed by atoms with Gasteiger partial charge in [0.2, 0.25) is 0 Å². The van der Waals surface area contributed by atoms with Crippen molar-refractivity contribution in [2.24, 2.45) is 0 Å². The Labute approximate surface area is 135 Å². The SMILES string of the molecule is COCc1nc(C2CSC(C)C(C)S2)nc(Cl)c1Br. The predicted molar refractivity (Wildman–Crippen MR) is 87.2 cm³/mol. The molecule has 0 aliphatic carbocycles. The summed E-state index contributed by atoms with van der Waals surface area (Å²) in [5.41, 5.74) is 0.814. The monoisotopic (exact) mass is 382 g/mol. The molecule has 1 aromatic rings. The molecule has 1 fully saturated rings. The van der Waals surface area contributed by atoms with Crippen molar-refractivity contribution in [2.45, 2.75) is 36.2 Å². The number of hydrogen-bond donors (Lipinski definition) is 0. The van der Waals surface area contributed by atoms with Crippen molar-refractivity contribution in [3.63, 3.8) is 0 Å². The van der Waals surface area contributed by atoms with E-state index < -0.39 is 0 Å². The van der Waals surface area contributed by atoms with Gasteiger partial charge in [-0.3, -0.25) is 0 Å². The zero-order valence-corrected chi connectivity index (χ0v) is 15.0. The third-order valence-corrected chi connectivity index (χ3v) is 7.74. The minimum Gasteiger partial charge on any atom is -0.378 e. The number of rotatable bonds is 3. The zero-order chi connectivity index (χ0) is 14.0. The fourth-order valence-electron chi connectivity index (χ4n) is 1.78. The van der Waals surface area contributed by atoms with E-state index in [2.05, 4.69) is 39.7 Å². The number of ether oxygens (including phenoxy) is 1. The minimum atomic E-state index is 0.303. The quantitative estimate of drug-likeness (QED) is 0.726. The van der Waals surface area contributed by atoms with Crippen LogP contribution in [0.15, 0.2) is 4.47 Å². The topological polar surface area (TPSA) is 35.0 Å². The van der Waals surface area contributed by atoms with Crippen LogP contribution in [0.5, 0.6) is 0 Å². The molecule has 0 saturated carbocycles. The fourth-order valence-corrected chi connectivity index (χ4v) is 5.11. The molecule has 0 aromatic carbocycles. The fraction of sp³-hybridized carbons (Fsp3) is 0.667. The Kier molecular flexibility index (Phi) is 5.84. The Morgan fingerprint density at radius 1 is 1.37 bits per heavy atom. The summed E-state index contributed by atoms with van der Waals surface area (Å²) in [6, 6.07) is 0. The first-order chi connectivity index (χ1) is 9.02. The number of nitrogens with zero attached hydrogens (tertiary/aromatic N) is 2. The van der Waals surface area contributed by atoms with Crippen molar-refractivity contribution in [1.29, 1.82) is 0 Å². The molecule has 0 spiro atoms. The van der Waals surface area contributed by atoms with Crippen molar-refractivity contribution in [2.75, 3.05) is 12.9 Å². The van der Waals surface area contributed by atoms with Gasteiger partial charge in [0.05, 0.1) is 22.0 Å². The van der Waals surface area contributed by atoms with Crippen LogP contribution in [0, 0.1) is 0 Å². The Hall–Kier alpha value is 0.510. The van der Waals surface area contributed by atoms with E-state index in [1.54, 1.807) is 7.11 Å². The summed E-state index contributed by atoms with van der Waals surface area (Å²) in [7, 11) is 1.65. The second-order valence-electron chi connectivity index (χ2n) is 4.43. The van der Waals surface area contributed by atoms with Crippen molar-refractivity contribution in [3.8, 4) is 0 Å². The van der Waals surface area contributed by atoms with E-state index >= 15 is 0 Å². The van der Waals surface area contributed by atoms with Crippen molar-refractivity contribution in [1.82, 2.24) is 9.97 Å². The van der Waals surface area contributed by atoms with Gasteiger partial charge in [-0.25, -0.2) is 9.97 Å². The molecule has 1 aliphatic rings. The van der Waals surface area contributed by atoms with E-state index in [1.807, 2.05) is 23.5 Å². The van der Waals surface area contributed by atoms with E-state index in [0.29, 0.717) is 27.5 Å². The second-order valence-corrected chi connectivity index (χ2v) is 8.58. The van der Waals surface area contributed by atoms with Crippen LogP contribution in [-0.2, 0) is 11.3 Å². The Morgan fingerprint density at radius 2 is 2.11 bits per heavy atom. The molecule has 0 radical (unpaired) electrons. The molecule has 19 heavy (non-hydrogen) atoms. The molecule has 3 nitrogen and oxygen atoms in total. The number of hydrogen-bond acceptors (Lipinski definition) is 5. The normalized spacial score (nSPS) is 27.5. The van der Waals surface area contributed by atoms with Crippen LogP contribution in [0.25, 0.3) is 0 Å². The van der Waals surface area contributed by atoms with Crippen LogP contribution in [0.1, 0.15) is 30.6 Å². The van der Waals surface area contributed by atoms with E-state index in [1.165, 1.54) is 0 Å². The maximum atomic E-state index is 6.17. The van der Waals surface area contributed by atoms with Crippen LogP contribution in [0.4, 0.5) is 0 Å². The number of methoxy groups -OCH3 is 1. The van der Waals surface area contributed by atoms with Gasteiger partial charge in [-0.2, -0.15) is 11.8 Å². The standard InChI is InChI=1S/C12H16BrClN2OS2/c1-6-7(2)19-9(5-18-6)12-15-8(4-17-3)10(13)11(14)16-12/h6-7,9H,4-5H2,1-3H3. The summed E-state index contributed by atoms with van der Waals surface area (Å²) in [4.78, 5) is 9.02. The average molecular weight is 384 g/mol. The molecular formula is C12H16BrClN2OS2. The molecule has 7 heteroatoms. The molecule has 3 unspecified atom stereocenters. The van der Waals surface area contributed by atoms with Crippen molar-refractivity contribution < 1.29 is 4.74 Å². The zero-order valence-electron chi connectivity index (χ0n) is 11.0. The highest BCUT2D eigenvalue weighted by Gasteiger charge is 2.29. The van der Waals surface area contributed by atoms with Gasteiger partial charge in [0.25, 0.3) is 0 Å². The Balaban J connectivity index is 2.25. The first-order valence-electron chi connectivity index (χ1n) is 6.00. The molecule has 1 saturated heterocycles.